The molecule has 2 heterocycles. The lowest BCUT2D eigenvalue weighted by molar-refractivity contribution is 0.225. The van der Waals surface area contributed by atoms with Gasteiger partial charge in [-0.25, -0.2) is 0 Å². The van der Waals surface area contributed by atoms with Crippen LogP contribution in [0.2, 0.25) is 0 Å². The molecule has 2 aromatic heterocycles. The van der Waals surface area contributed by atoms with Gasteiger partial charge < -0.3 is 4.74 Å². The molecule has 5 nitrogen and oxygen atoms in total. The van der Waals surface area contributed by atoms with E-state index < -0.39 is 0 Å². The van der Waals surface area contributed by atoms with Gasteiger partial charge in [0.15, 0.2) is 10.8 Å². The van der Waals surface area contributed by atoms with Crippen LogP contribution in [0.1, 0.15) is 23.9 Å². The number of thioether (sulfide) groups is 1. The highest BCUT2D eigenvalue weighted by Crippen LogP contribution is 2.27. The summed E-state index contributed by atoms with van der Waals surface area (Å²) in [6.45, 7) is 2.00. The van der Waals surface area contributed by atoms with Gasteiger partial charge in [0.25, 0.3) is 0 Å². The average molecular weight is 368 g/mol. The SMILES string of the molecule is C[C@@H](Oc1ccccc1)c1nn2c(CSc3ccccc3)nnc2s1. The van der Waals surface area contributed by atoms with Crippen molar-refractivity contribution in [2.45, 2.75) is 23.7 Å². The van der Waals surface area contributed by atoms with Crippen LogP contribution < -0.4 is 4.74 Å². The van der Waals surface area contributed by atoms with Crippen molar-refractivity contribution in [2.24, 2.45) is 0 Å². The Morgan fingerprint density at radius 1 is 1.04 bits per heavy atom. The van der Waals surface area contributed by atoms with Crippen LogP contribution in [0.3, 0.4) is 0 Å². The number of benzene rings is 2. The molecule has 0 amide bonds. The van der Waals surface area contributed by atoms with Crippen LogP contribution in [0.15, 0.2) is 65.6 Å². The van der Waals surface area contributed by atoms with E-state index in [-0.39, 0.29) is 6.10 Å². The number of para-hydroxylation sites is 1. The lowest BCUT2D eigenvalue weighted by atomic mass is 10.3. The molecule has 0 saturated heterocycles. The normalized spacial score (nSPS) is 12.4. The largest absolute Gasteiger partial charge is 0.483 e. The van der Waals surface area contributed by atoms with Crippen LogP contribution in [-0.2, 0) is 5.75 Å². The molecule has 0 unspecified atom stereocenters. The van der Waals surface area contributed by atoms with E-state index in [1.165, 1.54) is 16.2 Å². The number of rotatable bonds is 6. The molecule has 126 valence electrons. The first-order valence-electron chi connectivity index (χ1n) is 7.90. The molecule has 0 radical (unpaired) electrons. The Morgan fingerprint density at radius 2 is 1.76 bits per heavy atom. The molecule has 0 N–H and O–H groups in total. The molecule has 0 spiro atoms. The maximum Gasteiger partial charge on any atom is 0.234 e. The Labute approximate surface area is 153 Å². The second-order valence-electron chi connectivity index (χ2n) is 5.43. The summed E-state index contributed by atoms with van der Waals surface area (Å²) in [7, 11) is 0. The van der Waals surface area contributed by atoms with Gasteiger partial charge in [-0.1, -0.05) is 47.7 Å². The topological polar surface area (TPSA) is 52.3 Å². The number of hydrogen-bond donors (Lipinski definition) is 0. The lowest BCUT2D eigenvalue weighted by Gasteiger charge is -2.11. The first kappa shape index (κ1) is 16.1. The van der Waals surface area contributed by atoms with Gasteiger partial charge in [0.1, 0.15) is 11.9 Å². The molecular formula is C18H16N4OS2. The Morgan fingerprint density at radius 3 is 2.52 bits per heavy atom. The fourth-order valence-corrected chi connectivity index (χ4v) is 4.01. The first-order chi connectivity index (χ1) is 12.3. The van der Waals surface area contributed by atoms with E-state index in [1.807, 2.05) is 60.0 Å². The highest BCUT2D eigenvalue weighted by Gasteiger charge is 2.17. The van der Waals surface area contributed by atoms with E-state index in [2.05, 4.69) is 27.4 Å². The van der Waals surface area contributed by atoms with Gasteiger partial charge >= 0.3 is 0 Å². The maximum absolute atomic E-state index is 5.95. The zero-order valence-corrected chi connectivity index (χ0v) is 15.2. The summed E-state index contributed by atoms with van der Waals surface area (Å²) in [6.07, 6.45) is -0.135. The summed E-state index contributed by atoms with van der Waals surface area (Å²) in [5.41, 5.74) is 0. The molecule has 7 heteroatoms. The van der Waals surface area contributed by atoms with Gasteiger partial charge in [0, 0.05) is 4.90 Å². The second-order valence-corrected chi connectivity index (χ2v) is 7.46. The molecule has 4 aromatic rings. The standard InChI is InChI=1S/C18H16N4OS2/c1-13(23-14-8-4-2-5-9-14)17-21-22-16(19-20-18(22)25-17)12-24-15-10-6-3-7-11-15/h2-11,13H,12H2,1H3/t13-/m1/s1. The number of ether oxygens (including phenoxy) is 1. The van der Waals surface area contributed by atoms with E-state index >= 15 is 0 Å². The molecule has 1 atom stereocenters. The zero-order chi connectivity index (χ0) is 17.1. The van der Waals surface area contributed by atoms with Crippen molar-refractivity contribution >= 4 is 28.1 Å². The van der Waals surface area contributed by atoms with Gasteiger partial charge in [-0.15, -0.1) is 22.0 Å². The lowest BCUT2D eigenvalue weighted by Crippen LogP contribution is -2.04. The summed E-state index contributed by atoms with van der Waals surface area (Å²) in [5, 5.41) is 14.0. The quantitative estimate of drug-likeness (QED) is 0.465. The van der Waals surface area contributed by atoms with E-state index in [0.29, 0.717) is 0 Å². The fraction of sp³-hybridized carbons (Fsp3) is 0.167. The van der Waals surface area contributed by atoms with E-state index in [0.717, 1.165) is 27.3 Å². The molecule has 2 aromatic carbocycles. The van der Waals surface area contributed by atoms with Crippen LogP contribution in [0.25, 0.3) is 4.96 Å². The van der Waals surface area contributed by atoms with Crippen molar-refractivity contribution in [1.82, 2.24) is 19.8 Å². The molecule has 25 heavy (non-hydrogen) atoms. The molecule has 0 bridgehead atoms. The fourth-order valence-electron chi connectivity index (χ4n) is 2.34. The van der Waals surface area contributed by atoms with Gasteiger partial charge in [-0.05, 0) is 31.2 Å². The van der Waals surface area contributed by atoms with Crippen molar-refractivity contribution in [3.05, 3.63) is 71.5 Å². The highest BCUT2D eigenvalue weighted by atomic mass is 32.2. The third kappa shape index (κ3) is 3.67. The maximum atomic E-state index is 5.95. The summed E-state index contributed by atoms with van der Waals surface area (Å²) < 4.78 is 7.77. The highest BCUT2D eigenvalue weighted by molar-refractivity contribution is 7.98. The Kier molecular flexibility index (Phi) is 4.67. The van der Waals surface area contributed by atoms with E-state index in [9.17, 15) is 0 Å². The minimum Gasteiger partial charge on any atom is -0.483 e. The van der Waals surface area contributed by atoms with Gasteiger partial charge in [-0.2, -0.15) is 9.61 Å². The van der Waals surface area contributed by atoms with Crippen LogP contribution in [0.4, 0.5) is 0 Å². The molecule has 0 saturated carbocycles. The summed E-state index contributed by atoms with van der Waals surface area (Å²) in [5.74, 6) is 2.40. The predicted molar refractivity (Wildman–Crippen MR) is 100 cm³/mol. The van der Waals surface area contributed by atoms with Crippen molar-refractivity contribution in [2.75, 3.05) is 0 Å². The van der Waals surface area contributed by atoms with E-state index in [4.69, 9.17) is 4.74 Å². The minimum absolute atomic E-state index is 0.135. The van der Waals surface area contributed by atoms with Crippen molar-refractivity contribution < 1.29 is 4.74 Å². The third-order valence-corrected chi connectivity index (χ3v) is 5.65. The summed E-state index contributed by atoms with van der Waals surface area (Å²) >= 11 is 3.23. The minimum atomic E-state index is -0.135. The second kappa shape index (κ2) is 7.25. The summed E-state index contributed by atoms with van der Waals surface area (Å²) in [6, 6.07) is 20.0. The number of aromatic nitrogens is 4. The first-order valence-corrected chi connectivity index (χ1v) is 9.70. The monoisotopic (exact) mass is 368 g/mol. The van der Waals surface area contributed by atoms with Crippen molar-refractivity contribution in [3.63, 3.8) is 0 Å². The van der Waals surface area contributed by atoms with Gasteiger partial charge in [0.05, 0.1) is 5.75 Å². The van der Waals surface area contributed by atoms with Crippen LogP contribution in [-0.4, -0.2) is 19.8 Å². The van der Waals surface area contributed by atoms with Crippen molar-refractivity contribution in [1.29, 1.82) is 0 Å². The Hall–Kier alpha value is -2.38. The predicted octanol–water partition coefficient (Wildman–Crippen LogP) is 4.62. The Bertz CT molecular complexity index is 953. The molecule has 0 aliphatic carbocycles. The molecule has 4 rings (SSSR count). The molecular weight excluding hydrogens is 352 g/mol. The van der Waals surface area contributed by atoms with E-state index in [1.54, 1.807) is 11.8 Å². The Balaban J connectivity index is 1.50. The number of hydrogen-bond acceptors (Lipinski definition) is 6. The average Bonchev–Trinajstić information content (AvgIpc) is 3.23. The molecule has 0 aliphatic rings. The number of nitrogens with zero attached hydrogens (tertiary/aromatic N) is 4. The molecule has 0 aliphatic heterocycles. The van der Waals surface area contributed by atoms with Gasteiger partial charge in [0.2, 0.25) is 4.96 Å². The summed E-state index contributed by atoms with van der Waals surface area (Å²) in [4.78, 5) is 2.00. The van der Waals surface area contributed by atoms with Crippen LogP contribution in [0, 0.1) is 0 Å². The molecule has 0 fully saturated rings. The third-order valence-electron chi connectivity index (χ3n) is 3.59. The number of fused-ring (bicyclic) bond motifs is 1. The smallest absolute Gasteiger partial charge is 0.234 e. The van der Waals surface area contributed by atoms with Gasteiger partial charge in [-0.3, -0.25) is 0 Å². The van der Waals surface area contributed by atoms with Crippen molar-refractivity contribution in [3.8, 4) is 5.75 Å². The zero-order valence-electron chi connectivity index (χ0n) is 13.6. The van der Waals surface area contributed by atoms with Crippen LogP contribution >= 0.6 is 23.1 Å². The van der Waals surface area contributed by atoms with Crippen LogP contribution in [0.5, 0.6) is 5.75 Å².